The van der Waals surface area contributed by atoms with Gasteiger partial charge in [-0.2, -0.15) is 0 Å². The Bertz CT molecular complexity index is 485. The van der Waals surface area contributed by atoms with Crippen LogP contribution in [0.25, 0.3) is 0 Å². The summed E-state index contributed by atoms with van der Waals surface area (Å²) in [5.41, 5.74) is 0.989. The molecule has 3 nitrogen and oxygen atoms in total. The van der Waals surface area contributed by atoms with E-state index in [4.69, 9.17) is 4.74 Å². The van der Waals surface area contributed by atoms with Crippen LogP contribution in [0.2, 0.25) is 0 Å². The zero-order valence-electron chi connectivity index (χ0n) is 10.5. The lowest BCUT2D eigenvalue weighted by Crippen LogP contribution is -1.93. The van der Waals surface area contributed by atoms with Gasteiger partial charge in [-0.25, -0.2) is 4.98 Å². The number of benzene rings is 1. The van der Waals surface area contributed by atoms with Crippen LogP contribution < -0.4 is 0 Å². The highest BCUT2D eigenvalue weighted by Gasteiger charge is 2.10. The van der Waals surface area contributed by atoms with Crippen LogP contribution in [0.15, 0.2) is 45.4 Å². The summed E-state index contributed by atoms with van der Waals surface area (Å²) in [6.07, 6.45) is 2.04. The molecule has 2 rings (SSSR count). The molecule has 1 heterocycles. The first-order valence-electron chi connectivity index (χ1n) is 5.77. The fourth-order valence-corrected chi connectivity index (χ4v) is 2.91. The Labute approximate surface area is 116 Å². The van der Waals surface area contributed by atoms with Gasteiger partial charge < -0.3 is 9.72 Å². The fourth-order valence-electron chi connectivity index (χ4n) is 1.48. The number of H-pyrrole nitrogens is 1. The standard InChI is InChI=1S/C13H16N2OS2/c1-3-16-9-11-12(17-2)15-13(14-11)18-10-7-5-4-6-8-10/h4-8H,3,9H2,1-2H3,(H,14,15). The number of nitrogens with zero attached hydrogens (tertiary/aromatic N) is 1. The molecule has 0 saturated carbocycles. The molecule has 0 amide bonds. The predicted octanol–water partition coefficient (Wildman–Crippen LogP) is 3.82. The number of nitrogens with one attached hydrogen (secondary N) is 1. The highest BCUT2D eigenvalue weighted by Crippen LogP contribution is 2.28. The van der Waals surface area contributed by atoms with Crippen LogP contribution >= 0.6 is 23.5 Å². The summed E-state index contributed by atoms with van der Waals surface area (Å²) in [7, 11) is 0. The minimum Gasteiger partial charge on any atom is -0.375 e. The van der Waals surface area contributed by atoms with Crippen LogP contribution in [0.4, 0.5) is 0 Å². The minimum absolute atomic E-state index is 0.568. The van der Waals surface area contributed by atoms with Crippen molar-refractivity contribution < 1.29 is 4.74 Å². The first-order chi connectivity index (χ1) is 8.83. The topological polar surface area (TPSA) is 37.9 Å². The van der Waals surface area contributed by atoms with E-state index in [0.717, 1.165) is 15.9 Å². The van der Waals surface area contributed by atoms with Gasteiger partial charge in [-0.15, -0.1) is 11.8 Å². The summed E-state index contributed by atoms with van der Waals surface area (Å²) in [5.74, 6) is 0. The van der Waals surface area contributed by atoms with Crippen LogP contribution in [-0.2, 0) is 11.3 Å². The van der Waals surface area contributed by atoms with Gasteiger partial charge in [0.1, 0.15) is 0 Å². The molecule has 2 aromatic rings. The van der Waals surface area contributed by atoms with Gasteiger partial charge in [0, 0.05) is 11.5 Å². The Hall–Kier alpha value is -0.910. The lowest BCUT2D eigenvalue weighted by molar-refractivity contribution is 0.129. The molecule has 1 N–H and O–H groups in total. The van der Waals surface area contributed by atoms with Crippen LogP contribution in [0.1, 0.15) is 12.6 Å². The molecule has 1 aromatic carbocycles. The maximum absolute atomic E-state index is 5.42. The van der Waals surface area contributed by atoms with Gasteiger partial charge in [-0.3, -0.25) is 0 Å². The Kier molecular flexibility index (Phi) is 5.16. The van der Waals surface area contributed by atoms with E-state index in [1.807, 2.05) is 31.4 Å². The molecular weight excluding hydrogens is 264 g/mol. The summed E-state index contributed by atoms with van der Waals surface area (Å²) in [6.45, 7) is 3.27. The van der Waals surface area contributed by atoms with E-state index in [-0.39, 0.29) is 0 Å². The third kappa shape index (κ3) is 3.54. The highest BCUT2D eigenvalue weighted by molar-refractivity contribution is 7.99. The van der Waals surface area contributed by atoms with Crippen LogP contribution in [0, 0.1) is 0 Å². The van der Waals surface area contributed by atoms with Crippen LogP contribution in [0.3, 0.4) is 0 Å². The Balaban J connectivity index is 2.11. The molecule has 5 heteroatoms. The first-order valence-corrected chi connectivity index (χ1v) is 7.81. The van der Waals surface area contributed by atoms with Crippen molar-refractivity contribution >= 4 is 23.5 Å². The molecular formula is C13H16N2OS2. The van der Waals surface area contributed by atoms with Crippen molar-refractivity contribution in [3.05, 3.63) is 36.0 Å². The van der Waals surface area contributed by atoms with E-state index in [9.17, 15) is 0 Å². The lowest BCUT2D eigenvalue weighted by Gasteiger charge is -1.98. The molecule has 1 aromatic heterocycles. The number of thioether (sulfide) groups is 1. The number of ether oxygens (including phenoxy) is 1. The molecule has 0 atom stereocenters. The van der Waals surface area contributed by atoms with Crippen molar-refractivity contribution in [2.75, 3.05) is 12.9 Å². The number of aromatic amines is 1. The van der Waals surface area contributed by atoms with E-state index in [1.165, 1.54) is 4.90 Å². The normalized spacial score (nSPS) is 10.8. The second-order valence-electron chi connectivity index (χ2n) is 3.57. The lowest BCUT2D eigenvalue weighted by atomic mass is 10.4. The molecule has 18 heavy (non-hydrogen) atoms. The number of aromatic nitrogens is 2. The second kappa shape index (κ2) is 6.87. The molecule has 0 saturated heterocycles. The van der Waals surface area contributed by atoms with Gasteiger partial charge in [0.25, 0.3) is 0 Å². The average Bonchev–Trinajstić information content (AvgIpc) is 2.79. The predicted molar refractivity (Wildman–Crippen MR) is 76.3 cm³/mol. The van der Waals surface area contributed by atoms with Crippen molar-refractivity contribution in [2.24, 2.45) is 0 Å². The minimum atomic E-state index is 0.568. The SMILES string of the molecule is CCOCc1nc(Sc2ccccc2)[nH]c1SC. The summed E-state index contributed by atoms with van der Waals surface area (Å²) in [4.78, 5) is 9.08. The first kappa shape index (κ1) is 13.5. The van der Waals surface area contributed by atoms with Crippen molar-refractivity contribution in [2.45, 2.75) is 28.6 Å². The van der Waals surface area contributed by atoms with E-state index < -0.39 is 0 Å². The molecule has 0 bridgehead atoms. The van der Waals surface area contributed by atoms with Crippen molar-refractivity contribution in [3.8, 4) is 0 Å². The van der Waals surface area contributed by atoms with E-state index >= 15 is 0 Å². The van der Waals surface area contributed by atoms with E-state index in [2.05, 4.69) is 22.1 Å². The van der Waals surface area contributed by atoms with Crippen molar-refractivity contribution in [3.63, 3.8) is 0 Å². The summed E-state index contributed by atoms with van der Waals surface area (Å²) in [5, 5.41) is 2.00. The zero-order valence-corrected chi connectivity index (χ0v) is 12.1. The molecule has 0 radical (unpaired) electrons. The number of hydrogen-bond acceptors (Lipinski definition) is 4. The highest BCUT2D eigenvalue weighted by atomic mass is 32.2. The summed E-state index contributed by atoms with van der Waals surface area (Å²) in [6, 6.07) is 10.2. The third-order valence-corrected chi connectivity index (χ3v) is 3.96. The van der Waals surface area contributed by atoms with Gasteiger partial charge in [0.2, 0.25) is 0 Å². The maximum atomic E-state index is 5.42. The number of imidazole rings is 1. The van der Waals surface area contributed by atoms with Crippen molar-refractivity contribution in [1.29, 1.82) is 0 Å². The summed E-state index contributed by atoms with van der Waals surface area (Å²) >= 11 is 3.30. The van der Waals surface area contributed by atoms with Gasteiger partial charge in [0.05, 0.1) is 17.3 Å². The van der Waals surface area contributed by atoms with Gasteiger partial charge in [0.15, 0.2) is 5.16 Å². The Morgan fingerprint density at radius 3 is 2.72 bits per heavy atom. The zero-order chi connectivity index (χ0) is 12.8. The van der Waals surface area contributed by atoms with Crippen LogP contribution in [0.5, 0.6) is 0 Å². The molecule has 0 aliphatic carbocycles. The molecule has 0 aliphatic rings. The molecule has 0 spiro atoms. The average molecular weight is 280 g/mol. The van der Waals surface area contributed by atoms with Crippen molar-refractivity contribution in [1.82, 2.24) is 9.97 Å². The third-order valence-electron chi connectivity index (χ3n) is 2.32. The van der Waals surface area contributed by atoms with E-state index in [0.29, 0.717) is 13.2 Å². The number of hydrogen-bond donors (Lipinski definition) is 1. The molecule has 0 unspecified atom stereocenters. The smallest absolute Gasteiger partial charge is 0.171 e. The Morgan fingerprint density at radius 2 is 2.06 bits per heavy atom. The van der Waals surface area contributed by atoms with E-state index in [1.54, 1.807) is 23.5 Å². The maximum Gasteiger partial charge on any atom is 0.171 e. The monoisotopic (exact) mass is 280 g/mol. The fraction of sp³-hybridized carbons (Fsp3) is 0.308. The molecule has 96 valence electrons. The number of rotatable bonds is 6. The summed E-state index contributed by atoms with van der Waals surface area (Å²) < 4.78 is 5.42. The Morgan fingerprint density at radius 1 is 1.28 bits per heavy atom. The largest absolute Gasteiger partial charge is 0.375 e. The van der Waals surface area contributed by atoms with Crippen LogP contribution in [-0.4, -0.2) is 22.8 Å². The van der Waals surface area contributed by atoms with Gasteiger partial charge in [-0.1, -0.05) is 30.0 Å². The second-order valence-corrected chi connectivity index (χ2v) is 5.45. The van der Waals surface area contributed by atoms with Gasteiger partial charge >= 0.3 is 0 Å². The van der Waals surface area contributed by atoms with Gasteiger partial charge in [-0.05, 0) is 25.3 Å². The molecule has 0 fully saturated rings. The quantitative estimate of drug-likeness (QED) is 0.816. The molecule has 0 aliphatic heterocycles.